The van der Waals surface area contributed by atoms with Gasteiger partial charge in [-0.15, -0.1) is 20.5 Å². The SMILES string of the molecule is Cc1cc(Nc2nc(Cl)nc(NCCN3CCN(c4nc(Cl)nc(Nc5cc(S(=O)(=O)O)cc6cc(C)c(N=Nc7ccc8c(S(=O)(=O)O)cccc8c7S(=O)(=O)O)c(O)c56)n4)CC3)n2)c2c(O)c(N=Nc3ccc4c(S(=O)(=O)O)cccc4c3S(=O)(=O)O)c(S(=O)(=O)O)cc2c1. The summed E-state index contributed by atoms with van der Waals surface area (Å²) in [5, 5.41) is 45.8. The Balaban J connectivity index is 0.801. The molecule has 35 nitrogen and oxygen atoms in total. The third-order valence-corrected chi connectivity index (χ3v) is 20.5. The van der Waals surface area contributed by atoms with E-state index in [-0.39, 0.29) is 101 Å². The minimum atomic E-state index is -5.29. The number of nitrogens with one attached hydrogen (secondary N) is 3. The molecule has 1 fully saturated rings. The highest BCUT2D eigenvalue weighted by Gasteiger charge is 2.30. The van der Waals surface area contributed by atoms with Gasteiger partial charge in [0.05, 0.1) is 16.3 Å². The monoisotopic (exact) mass is 1490 g/mol. The van der Waals surface area contributed by atoms with Crippen LogP contribution in [-0.4, -0.2) is 162 Å². The van der Waals surface area contributed by atoms with E-state index < -0.39 is 124 Å². The van der Waals surface area contributed by atoms with Crippen LogP contribution >= 0.6 is 23.2 Å². The van der Waals surface area contributed by atoms with Crippen LogP contribution < -0.4 is 20.9 Å². The smallest absolute Gasteiger partial charge is 0.297 e. The van der Waals surface area contributed by atoms with E-state index in [2.05, 4.69) is 66.3 Å². The van der Waals surface area contributed by atoms with Crippen molar-refractivity contribution in [2.45, 2.75) is 43.2 Å². The molecule has 11 N–H and O–H groups in total. The molecule has 1 aliphatic rings. The summed E-state index contributed by atoms with van der Waals surface area (Å²) in [6.45, 7) is 5.07. The number of benzene rings is 8. The van der Waals surface area contributed by atoms with Gasteiger partial charge in [-0.05, 0) is 114 Å². The number of aromatic nitrogens is 6. The van der Waals surface area contributed by atoms with Crippen LogP contribution in [0.3, 0.4) is 0 Å². The van der Waals surface area contributed by atoms with Crippen molar-refractivity contribution >= 4 is 185 Å². The average Bonchev–Trinajstić information content (AvgIpc) is 0.769. The molecule has 8 aromatic carbocycles. The zero-order valence-corrected chi connectivity index (χ0v) is 55.4. The van der Waals surface area contributed by atoms with Crippen LogP contribution in [0.4, 0.5) is 57.9 Å². The Hall–Kier alpha value is -9.18. The number of phenols is 2. The summed E-state index contributed by atoms with van der Waals surface area (Å²) in [5.41, 5.74) is -2.06. The molecule has 0 saturated carbocycles. The van der Waals surface area contributed by atoms with E-state index in [1.165, 1.54) is 25.1 Å². The average molecular weight is 1490 g/mol. The molecule has 0 radical (unpaired) electrons. The maximum absolute atomic E-state index is 12.8. The van der Waals surface area contributed by atoms with Crippen molar-refractivity contribution in [3.63, 3.8) is 0 Å². The number of piperazine rings is 1. The van der Waals surface area contributed by atoms with Crippen molar-refractivity contribution in [3.05, 3.63) is 119 Å². The second kappa shape index (κ2) is 25.7. The molecule has 0 atom stereocenters. The minimum Gasteiger partial charge on any atom is -0.505 e. The molecule has 3 heterocycles. The molecule has 11 rings (SSSR count). The summed E-state index contributed by atoms with van der Waals surface area (Å²) in [5.74, 6) is -2.05. The Morgan fingerprint density at radius 1 is 0.474 bits per heavy atom. The highest BCUT2D eigenvalue weighted by molar-refractivity contribution is 7.87. The lowest BCUT2D eigenvalue weighted by Gasteiger charge is -2.34. The second-order valence-electron chi connectivity index (χ2n) is 21.2. The molecule has 0 spiro atoms. The molecule has 0 bridgehead atoms. The number of azo groups is 2. The summed E-state index contributed by atoms with van der Waals surface area (Å²) in [7, 11) is -30.5. The molecule has 1 saturated heterocycles. The summed E-state index contributed by atoms with van der Waals surface area (Å²) in [6, 6.07) is 17.6. The van der Waals surface area contributed by atoms with Crippen LogP contribution in [0.15, 0.2) is 147 Å². The van der Waals surface area contributed by atoms with Crippen LogP contribution in [0.2, 0.25) is 10.6 Å². The van der Waals surface area contributed by atoms with Gasteiger partial charge in [-0.1, -0.05) is 42.5 Å². The molecule has 10 aromatic rings. The van der Waals surface area contributed by atoms with Crippen LogP contribution in [-0.2, 0) is 60.7 Å². The first kappa shape index (κ1) is 69.2. The number of aromatic hydroxyl groups is 2. The lowest BCUT2D eigenvalue weighted by atomic mass is 10.0. The normalized spacial score (nSPS) is 14.0. The number of halogens is 2. The number of hydrogen-bond acceptors (Lipinski definition) is 29. The number of nitrogens with zero attached hydrogens (tertiary/aromatic N) is 12. The maximum atomic E-state index is 12.8. The molecule has 1 aliphatic heterocycles. The van der Waals surface area contributed by atoms with Gasteiger partial charge in [-0.2, -0.15) is 80.4 Å². The van der Waals surface area contributed by atoms with Crippen molar-refractivity contribution in [1.82, 2.24) is 34.8 Å². The van der Waals surface area contributed by atoms with Crippen molar-refractivity contribution in [3.8, 4) is 11.5 Å². The zero-order chi connectivity index (χ0) is 70.2. The van der Waals surface area contributed by atoms with Crippen LogP contribution in [0.25, 0.3) is 43.1 Å². The van der Waals surface area contributed by atoms with Crippen molar-refractivity contribution in [2.24, 2.45) is 20.5 Å². The van der Waals surface area contributed by atoms with Crippen LogP contribution in [0.1, 0.15) is 11.1 Å². The highest BCUT2D eigenvalue weighted by atomic mass is 35.5. The largest absolute Gasteiger partial charge is 0.505 e. The molecular weight excluding hydrogens is 1440 g/mol. The molecule has 2 aromatic heterocycles. The lowest BCUT2D eigenvalue weighted by molar-refractivity contribution is 0.266. The third-order valence-electron chi connectivity index (χ3n) is 14.8. The van der Waals surface area contributed by atoms with E-state index in [4.69, 9.17) is 23.2 Å². The quantitative estimate of drug-likeness (QED) is 0.0265. The Morgan fingerprint density at radius 3 is 1.48 bits per heavy atom. The number of aryl methyl sites for hydroxylation is 2. The fourth-order valence-electron chi connectivity index (χ4n) is 10.7. The van der Waals surface area contributed by atoms with E-state index in [9.17, 15) is 88.0 Å². The molecule has 506 valence electrons. The molecular formula is C54H45Cl2N15O20S6. The number of rotatable bonds is 19. The number of phenolic OH excluding ortho intramolecular Hbond substituents is 2. The first-order chi connectivity index (χ1) is 45.3. The van der Waals surface area contributed by atoms with Gasteiger partial charge < -0.3 is 31.1 Å². The molecule has 97 heavy (non-hydrogen) atoms. The zero-order valence-electron chi connectivity index (χ0n) is 49.0. The van der Waals surface area contributed by atoms with E-state index in [1.54, 1.807) is 11.8 Å². The lowest BCUT2D eigenvalue weighted by Crippen LogP contribution is -2.48. The first-order valence-electron chi connectivity index (χ1n) is 27.3. The topological polar surface area (TPSA) is 536 Å². The van der Waals surface area contributed by atoms with Crippen molar-refractivity contribution in [2.75, 3.05) is 60.1 Å². The van der Waals surface area contributed by atoms with Gasteiger partial charge in [-0.3, -0.25) is 32.2 Å². The summed E-state index contributed by atoms with van der Waals surface area (Å²) in [4.78, 5) is 24.5. The fraction of sp³-hybridized carbons (Fsp3) is 0.148. The standard InChI is InChI=1S/C54H45Cl2N15O20S6/c1-25-19-27-23-40(95(83,84)85)44(69-67-35-12-10-31-33(48(35)97(89,90)91)6-4-8-39(31)94(80,81)82)46(73)41(27)36(20-25)58-52-61-49(55)60-51(64-52)57-13-14-70-15-17-71(18-16-70)54-63-50(56)62-53(65-54)59-37-24-29(92(74,75)76)22-28-21-26(2)43(45(72)42(28)37)68-66-34-11-9-30-32(47(34)96(86,87)88)5-3-7-38(30)93(77,78)79/h3-12,19-24,72-73H,13-18H2,1-2H3,(H,74,75,76)(H,77,78,79)(H,80,81,82)(H,83,84,85)(H,86,87,88)(H,89,90,91)(H,59,62,63,65)(H2,57,58,60,61,64). The molecule has 43 heteroatoms. The summed E-state index contributed by atoms with van der Waals surface area (Å²) < 4.78 is 211. The van der Waals surface area contributed by atoms with E-state index in [1.807, 2.05) is 4.90 Å². The molecule has 0 aliphatic carbocycles. The molecule has 0 unspecified atom stereocenters. The van der Waals surface area contributed by atoms with Gasteiger partial charge in [0.25, 0.3) is 60.7 Å². The molecule has 0 amide bonds. The van der Waals surface area contributed by atoms with Crippen LogP contribution in [0, 0.1) is 13.8 Å². The predicted molar refractivity (Wildman–Crippen MR) is 349 cm³/mol. The number of fused-ring (bicyclic) bond motifs is 4. The Morgan fingerprint density at radius 2 is 0.959 bits per heavy atom. The fourth-order valence-corrected chi connectivity index (χ4v) is 15.3. The Labute approximate surface area is 558 Å². The van der Waals surface area contributed by atoms with Gasteiger partial charge in [0, 0.05) is 71.6 Å². The minimum absolute atomic E-state index is 0.00428. The Bertz CT molecular complexity index is 5820. The van der Waals surface area contributed by atoms with Gasteiger partial charge in [-0.25, -0.2) is 0 Å². The number of anilines is 6. The Kier molecular flexibility index (Phi) is 18.3. The van der Waals surface area contributed by atoms with E-state index in [0.717, 1.165) is 78.9 Å². The van der Waals surface area contributed by atoms with Crippen molar-refractivity contribution in [1.29, 1.82) is 0 Å². The van der Waals surface area contributed by atoms with Crippen molar-refractivity contribution < 1.29 is 88.0 Å². The van der Waals surface area contributed by atoms with E-state index in [0.29, 0.717) is 38.3 Å². The summed E-state index contributed by atoms with van der Waals surface area (Å²) in [6.07, 6.45) is 0. The first-order valence-corrected chi connectivity index (χ1v) is 36.7. The van der Waals surface area contributed by atoms with E-state index >= 15 is 0 Å². The number of hydrogen-bond donors (Lipinski definition) is 11. The third kappa shape index (κ3) is 14.6. The van der Waals surface area contributed by atoms with Crippen LogP contribution in [0.5, 0.6) is 11.5 Å². The summed E-state index contributed by atoms with van der Waals surface area (Å²) >= 11 is 12.8. The predicted octanol–water partition coefficient (Wildman–Crippen LogP) is 9.04. The van der Waals surface area contributed by atoms with Gasteiger partial charge >= 0.3 is 0 Å². The highest BCUT2D eigenvalue weighted by Crippen LogP contribution is 2.48. The maximum Gasteiger partial charge on any atom is 0.297 e. The van der Waals surface area contributed by atoms with Gasteiger partial charge in [0.1, 0.15) is 47.2 Å². The second-order valence-corrected chi connectivity index (χ2v) is 30.2. The van der Waals surface area contributed by atoms with Gasteiger partial charge in [0.2, 0.25) is 34.4 Å². The van der Waals surface area contributed by atoms with Gasteiger partial charge in [0.15, 0.2) is 11.5 Å².